The standard InChI is InChI=1S/C14H22N4O10/c19-9(20)5-17(6-10(21)22)3-1-15-13(27)14(28)16-2-4-18(7-11(23)24)8-12(25)26/h1-8H2,(H,15,27)(H,16,28)(H,19,20)(H,21,22)(H,23,24)(H,25,26). The first-order valence-electron chi connectivity index (χ1n) is 7.89. The Morgan fingerprint density at radius 3 is 1.00 bits per heavy atom. The van der Waals surface area contributed by atoms with Crippen molar-refractivity contribution in [1.82, 2.24) is 20.4 Å². The second-order valence-corrected chi connectivity index (χ2v) is 5.51. The third kappa shape index (κ3) is 13.0. The summed E-state index contributed by atoms with van der Waals surface area (Å²) in [6.07, 6.45) is 0. The average molecular weight is 406 g/mol. The molecule has 158 valence electrons. The fourth-order valence-corrected chi connectivity index (χ4v) is 2.01. The van der Waals surface area contributed by atoms with Crippen molar-refractivity contribution >= 4 is 35.7 Å². The molecule has 6 N–H and O–H groups in total. The van der Waals surface area contributed by atoms with Crippen LogP contribution in [0.5, 0.6) is 0 Å². The van der Waals surface area contributed by atoms with E-state index in [4.69, 9.17) is 20.4 Å². The molecule has 0 aliphatic carbocycles. The van der Waals surface area contributed by atoms with Crippen LogP contribution in [0.1, 0.15) is 0 Å². The summed E-state index contributed by atoms with van der Waals surface area (Å²) >= 11 is 0. The average Bonchev–Trinajstić information content (AvgIpc) is 2.51. The van der Waals surface area contributed by atoms with Crippen molar-refractivity contribution < 1.29 is 49.2 Å². The Morgan fingerprint density at radius 1 is 0.536 bits per heavy atom. The number of carboxylic acids is 4. The fraction of sp³-hybridized carbons (Fsp3) is 0.571. The number of nitrogens with one attached hydrogen (secondary N) is 2. The van der Waals surface area contributed by atoms with Gasteiger partial charge in [-0.2, -0.15) is 0 Å². The number of rotatable bonds is 14. The van der Waals surface area contributed by atoms with Gasteiger partial charge in [-0.25, -0.2) is 0 Å². The molecule has 0 saturated carbocycles. The summed E-state index contributed by atoms with van der Waals surface area (Å²) in [5.74, 6) is -7.13. The molecule has 2 amide bonds. The molecule has 0 spiro atoms. The third-order valence-corrected chi connectivity index (χ3v) is 3.07. The summed E-state index contributed by atoms with van der Waals surface area (Å²) in [5, 5.41) is 39.1. The van der Waals surface area contributed by atoms with Crippen LogP contribution in [0.25, 0.3) is 0 Å². The van der Waals surface area contributed by atoms with Gasteiger partial charge in [-0.1, -0.05) is 0 Å². The van der Waals surface area contributed by atoms with Crippen LogP contribution in [0.4, 0.5) is 0 Å². The largest absolute Gasteiger partial charge is 0.480 e. The lowest BCUT2D eigenvalue weighted by Crippen LogP contribution is -2.46. The first-order valence-corrected chi connectivity index (χ1v) is 7.89. The van der Waals surface area contributed by atoms with E-state index in [1.54, 1.807) is 0 Å². The lowest BCUT2D eigenvalue weighted by molar-refractivity contribution is -0.144. The molecule has 0 aromatic rings. The number of hydrogen-bond acceptors (Lipinski definition) is 8. The Hall–Kier alpha value is -3.26. The van der Waals surface area contributed by atoms with E-state index in [-0.39, 0.29) is 26.2 Å². The smallest absolute Gasteiger partial charge is 0.317 e. The number of nitrogens with zero attached hydrogens (tertiary/aromatic N) is 2. The first-order chi connectivity index (χ1) is 13.0. The zero-order valence-electron chi connectivity index (χ0n) is 14.8. The van der Waals surface area contributed by atoms with Gasteiger partial charge >= 0.3 is 35.7 Å². The Kier molecular flexibility index (Phi) is 11.5. The van der Waals surface area contributed by atoms with Crippen LogP contribution in [-0.4, -0.2) is 118 Å². The molecule has 0 fully saturated rings. The Balaban J connectivity index is 4.30. The van der Waals surface area contributed by atoms with E-state index in [2.05, 4.69) is 10.6 Å². The Labute approximate surface area is 158 Å². The van der Waals surface area contributed by atoms with E-state index < -0.39 is 61.9 Å². The topological polar surface area (TPSA) is 214 Å². The van der Waals surface area contributed by atoms with Gasteiger partial charge in [0.1, 0.15) is 0 Å². The fourth-order valence-electron chi connectivity index (χ4n) is 2.01. The van der Waals surface area contributed by atoms with Gasteiger partial charge in [0.05, 0.1) is 26.2 Å². The lowest BCUT2D eigenvalue weighted by Gasteiger charge is -2.18. The van der Waals surface area contributed by atoms with Crippen molar-refractivity contribution in [3.05, 3.63) is 0 Å². The molecule has 0 saturated heterocycles. The van der Waals surface area contributed by atoms with Crippen molar-refractivity contribution in [2.75, 3.05) is 52.4 Å². The molecular weight excluding hydrogens is 384 g/mol. The summed E-state index contributed by atoms with van der Waals surface area (Å²) in [5.41, 5.74) is 0. The van der Waals surface area contributed by atoms with Gasteiger partial charge in [-0.3, -0.25) is 38.6 Å². The number of carbonyl (C=O) groups is 6. The number of carboxylic acid groups (broad SMARTS) is 4. The number of hydrogen-bond donors (Lipinski definition) is 6. The van der Waals surface area contributed by atoms with Gasteiger partial charge in [0.15, 0.2) is 0 Å². The predicted molar refractivity (Wildman–Crippen MR) is 89.4 cm³/mol. The van der Waals surface area contributed by atoms with Crippen LogP contribution >= 0.6 is 0 Å². The van der Waals surface area contributed by atoms with E-state index in [0.717, 1.165) is 9.80 Å². The van der Waals surface area contributed by atoms with E-state index in [0.29, 0.717) is 0 Å². The zero-order valence-corrected chi connectivity index (χ0v) is 14.8. The highest BCUT2D eigenvalue weighted by Crippen LogP contribution is 1.89. The van der Waals surface area contributed by atoms with Crippen LogP contribution < -0.4 is 10.6 Å². The van der Waals surface area contributed by atoms with Crippen LogP contribution in [0.15, 0.2) is 0 Å². The quantitative estimate of drug-likeness (QED) is 0.153. The summed E-state index contributed by atoms with van der Waals surface area (Å²) in [4.78, 5) is 67.9. The summed E-state index contributed by atoms with van der Waals surface area (Å²) < 4.78 is 0. The van der Waals surface area contributed by atoms with Crippen LogP contribution in [0.3, 0.4) is 0 Å². The highest BCUT2D eigenvalue weighted by Gasteiger charge is 2.17. The van der Waals surface area contributed by atoms with E-state index in [1.165, 1.54) is 0 Å². The summed E-state index contributed by atoms with van der Waals surface area (Å²) in [6.45, 7) is -2.84. The van der Waals surface area contributed by atoms with Gasteiger partial charge in [0, 0.05) is 26.2 Å². The molecule has 0 aliphatic rings. The Morgan fingerprint density at radius 2 is 0.786 bits per heavy atom. The minimum absolute atomic E-state index is 0.122. The molecule has 0 rings (SSSR count). The molecule has 0 heterocycles. The molecule has 0 bridgehead atoms. The van der Waals surface area contributed by atoms with Crippen LogP contribution in [0, 0.1) is 0 Å². The highest BCUT2D eigenvalue weighted by atomic mass is 16.4. The van der Waals surface area contributed by atoms with Crippen molar-refractivity contribution in [1.29, 1.82) is 0 Å². The zero-order chi connectivity index (χ0) is 21.7. The second-order valence-electron chi connectivity index (χ2n) is 5.51. The highest BCUT2D eigenvalue weighted by molar-refractivity contribution is 6.35. The maximum absolute atomic E-state index is 11.6. The monoisotopic (exact) mass is 406 g/mol. The van der Waals surface area contributed by atoms with E-state index in [9.17, 15) is 28.8 Å². The molecule has 14 heteroatoms. The summed E-state index contributed by atoms with van der Waals surface area (Å²) in [6, 6.07) is 0. The van der Waals surface area contributed by atoms with Crippen molar-refractivity contribution in [2.24, 2.45) is 0 Å². The molecule has 0 radical (unpaired) electrons. The molecule has 0 aliphatic heterocycles. The maximum Gasteiger partial charge on any atom is 0.317 e. The lowest BCUT2D eigenvalue weighted by atomic mass is 10.4. The molecular formula is C14H22N4O10. The Bertz CT molecular complexity index is 525. The minimum Gasteiger partial charge on any atom is -0.480 e. The molecule has 14 nitrogen and oxygen atoms in total. The molecule has 28 heavy (non-hydrogen) atoms. The molecule has 0 unspecified atom stereocenters. The van der Waals surface area contributed by atoms with Crippen LogP contribution in [0.2, 0.25) is 0 Å². The number of amides is 2. The van der Waals surface area contributed by atoms with E-state index >= 15 is 0 Å². The second kappa shape index (κ2) is 13.0. The predicted octanol–water partition coefficient (Wildman–Crippen LogP) is -3.84. The number of carbonyl (C=O) groups excluding carboxylic acids is 2. The van der Waals surface area contributed by atoms with Crippen molar-refractivity contribution in [3.8, 4) is 0 Å². The maximum atomic E-state index is 11.6. The normalized spacial score (nSPS) is 10.5. The molecule has 0 atom stereocenters. The van der Waals surface area contributed by atoms with Gasteiger partial charge in [0.25, 0.3) is 0 Å². The minimum atomic E-state index is -1.25. The molecule has 0 aromatic carbocycles. The third-order valence-electron chi connectivity index (χ3n) is 3.07. The van der Waals surface area contributed by atoms with Gasteiger partial charge in [-0.05, 0) is 0 Å². The van der Waals surface area contributed by atoms with Gasteiger partial charge in [0.2, 0.25) is 0 Å². The van der Waals surface area contributed by atoms with Gasteiger partial charge in [-0.15, -0.1) is 0 Å². The number of aliphatic carboxylic acids is 4. The van der Waals surface area contributed by atoms with Crippen LogP contribution in [-0.2, 0) is 28.8 Å². The SMILES string of the molecule is O=C(O)CN(CCNC(=O)C(=O)NCCN(CC(=O)O)CC(=O)O)CC(=O)O. The van der Waals surface area contributed by atoms with Crippen molar-refractivity contribution in [2.45, 2.75) is 0 Å². The van der Waals surface area contributed by atoms with E-state index in [1.807, 2.05) is 0 Å². The van der Waals surface area contributed by atoms with Gasteiger partial charge < -0.3 is 31.1 Å². The summed E-state index contributed by atoms with van der Waals surface area (Å²) in [7, 11) is 0. The van der Waals surface area contributed by atoms with Crippen molar-refractivity contribution in [3.63, 3.8) is 0 Å². The molecule has 0 aromatic heterocycles. The first kappa shape index (κ1) is 24.7.